The number of nitrogens with one attached hydrogen (secondary N) is 1. The van der Waals surface area contributed by atoms with Gasteiger partial charge >= 0.3 is 0 Å². The molecule has 4 nitrogen and oxygen atoms in total. The van der Waals surface area contributed by atoms with E-state index in [1.807, 2.05) is 6.92 Å². The molecule has 2 unspecified atom stereocenters. The van der Waals surface area contributed by atoms with Crippen LogP contribution in [-0.4, -0.2) is 50.7 Å². The summed E-state index contributed by atoms with van der Waals surface area (Å²) < 4.78 is 10.8. The third-order valence-electron chi connectivity index (χ3n) is 2.75. The summed E-state index contributed by atoms with van der Waals surface area (Å²) in [6.07, 6.45) is 0.948. The summed E-state index contributed by atoms with van der Waals surface area (Å²) in [4.78, 5) is 0. The molecule has 84 valence electrons. The van der Waals surface area contributed by atoms with Crippen molar-refractivity contribution in [2.75, 3.05) is 40.0 Å². The van der Waals surface area contributed by atoms with E-state index in [-0.39, 0.29) is 12.2 Å². The van der Waals surface area contributed by atoms with Gasteiger partial charge in [0.1, 0.15) is 5.60 Å². The SMILES string of the molecule is COC1(CNCC(C)CO)CCOC1. The van der Waals surface area contributed by atoms with Crippen molar-refractivity contribution >= 4 is 0 Å². The van der Waals surface area contributed by atoms with Crippen molar-refractivity contribution in [3.05, 3.63) is 0 Å². The zero-order chi connectivity index (χ0) is 10.4. The molecule has 1 aliphatic heterocycles. The van der Waals surface area contributed by atoms with Crippen LogP contribution in [-0.2, 0) is 9.47 Å². The monoisotopic (exact) mass is 203 g/mol. The molecule has 4 heteroatoms. The largest absolute Gasteiger partial charge is 0.396 e. The molecule has 1 fully saturated rings. The average Bonchev–Trinajstić information content (AvgIpc) is 2.67. The number of rotatable bonds is 6. The van der Waals surface area contributed by atoms with Crippen molar-refractivity contribution in [2.45, 2.75) is 18.9 Å². The lowest BCUT2D eigenvalue weighted by Gasteiger charge is -2.26. The second kappa shape index (κ2) is 5.66. The van der Waals surface area contributed by atoms with Gasteiger partial charge in [0.05, 0.1) is 6.61 Å². The van der Waals surface area contributed by atoms with E-state index >= 15 is 0 Å². The van der Waals surface area contributed by atoms with Gasteiger partial charge in [0.2, 0.25) is 0 Å². The Morgan fingerprint density at radius 2 is 2.43 bits per heavy atom. The highest BCUT2D eigenvalue weighted by Gasteiger charge is 2.34. The van der Waals surface area contributed by atoms with Crippen LogP contribution in [0.5, 0.6) is 0 Å². The number of hydrogen-bond donors (Lipinski definition) is 2. The molecule has 0 spiro atoms. The van der Waals surface area contributed by atoms with E-state index in [1.54, 1.807) is 7.11 Å². The maximum Gasteiger partial charge on any atom is 0.106 e. The smallest absolute Gasteiger partial charge is 0.106 e. The highest BCUT2D eigenvalue weighted by molar-refractivity contribution is 4.87. The first-order valence-electron chi connectivity index (χ1n) is 5.17. The molecule has 1 aliphatic rings. The molecule has 2 atom stereocenters. The molecule has 1 heterocycles. The molecule has 0 saturated carbocycles. The molecule has 0 aromatic carbocycles. The molecule has 1 rings (SSSR count). The fourth-order valence-corrected chi connectivity index (χ4v) is 1.57. The summed E-state index contributed by atoms with van der Waals surface area (Å²) in [6, 6.07) is 0. The van der Waals surface area contributed by atoms with E-state index in [0.29, 0.717) is 12.5 Å². The van der Waals surface area contributed by atoms with Crippen LogP contribution < -0.4 is 5.32 Å². The summed E-state index contributed by atoms with van der Waals surface area (Å²) in [5, 5.41) is 12.2. The molecule has 0 aromatic heterocycles. The Bertz CT molecular complexity index is 157. The van der Waals surface area contributed by atoms with Gasteiger partial charge in [-0.15, -0.1) is 0 Å². The maximum absolute atomic E-state index is 8.85. The number of methoxy groups -OCH3 is 1. The zero-order valence-corrected chi connectivity index (χ0v) is 9.08. The Kier molecular flexibility index (Phi) is 4.81. The maximum atomic E-state index is 8.85. The van der Waals surface area contributed by atoms with Crippen LogP contribution >= 0.6 is 0 Å². The lowest BCUT2D eigenvalue weighted by molar-refractivity contribution is -0.0163. The van der Waals surface area contributed by atoms with Gasteiger partial charge in [0.25, 0.3) is 0 Å². The minimum Gasteiger partial charge on any atom is -0.396 e. The van der Waals surface area contributed by atoms with Crippen molar-refractivity contribution in [2.24, 2.45) is 5.92 Å². The number of aliphatic hydroxyl groups is 1. The van der Waals surface area contributed by atoms with Gasteiger partial charge in [-0.25, -0.2) is 0 Å². The predicted molar refractivity (Wildman–Crippen MR) is 54.3 cm³/mol. The fraction of sp³-hybridized carbons (Fsp3) is 1.00. The van der Waals surface area contributed by atoms with Crippen LogP contribution in [0.1, 0.15) is 13.3 Å². The van der Waals surface area contributed by atoms with Crippen LogP contribution in [0, 0.1) is 5.92 Å². The van der Waals surface area contributed by atoms with Crippen LogP contribution in [0.3, 0.4) is 0 Å². The molecular formula is C10H21NO3. The quantitative estimate of drug-likeness (QED) is 0.638. The first kappa shape index (κ1) is 11.9. The van der Waals surface area contributed by atoms with E-state index in [1.165, 1.54) is 0 Å². The first-order chi connectivity index (χ1) is 6.72. The van der Waals surface area contributed by atoms with Crippen LogP contribution in [0.2, 0.25) is 0 Å². The number of hydrogen-bond acceptors (Lipinski definition) is 4. The van der Waals surface area contributed by atoms with Gasteiger partial charge in [-0.05, 0) is 12.5 Å². The van der Waals surface area contributed by atoms with Crippen molar-refractivity contribution in [1.29, 1.82) is 0 Å². The van der Waals surface area contributed by atoms with Crippen molar-refractivity contribution < 1.29 is 14.6 Å². The summed E-state index contributed by atoms with van der Waals surface area (Å²) in [6.45, 7) is 5.31. The standard InChI is InChI=1S/C10H21NO3/c1-9(6-12)5-11-7-10(13-2)3-4-14-8-10/h9,11-12H,3-8H2,1-2H3. The topological polar surface area (TPSA) is 50.7 Å². The van der Waals surface area contributed by atoms with E-state index < -0.39 is 0 Å². The Balaban J connectivity index is 2.21. The molecule has 14 heavy (non-hydrogen) atoms. The fourth-order valence-electron chi connectivity index (χ4n) is 1.57. The third kappa shape index (κ3) is 3.20. The van der Waals surface area contributed by atoms with E-state index in [2.05, 4.69) is 5.32 Å². The van der Waals surface area contributed by atoms with E-state index in [9.17, 15) is 0 Å². The Morgan fingerprint density at radius 3 is 2.93 bits per heavy atom. The molecule has 1 saturated heterocycles. The van der Waals surface area contributed by atoms with Crippen molar-refractivity contribution in [3.63, 3.8) is 0 Å². The van der Waals surface area contributed by atoms with Gasteiger partial charge in [-0.2, -0.15) is 0 Å². The summed E-state index contributed by atoms with van der Waals surface area (Å²) >= 11 is 0. The molecule has 2 N–H and O–H groups in total. The van der Waals surface area contributed by atoms with Gasteiger partial charge in [-0.1, -0.05) is 6.92 Å². The van der Waals surface area contributed by atoms with E-state index in [4.69, 9.17) is 14.6 Å². The average molecular weight is 203 g/mol. The Hall–Kier alpha value is -0.160. The second-order valence-corrected chi connectivity index (χ2v) is 4.11. The van der Waals surface area contributed by atoms with Crippen molar-refractivity contribution in [3.8, 4) is 0 Å². The minimum atomic E-state index is -0.144. The summed E-state index contributed by atoms with van der Waals surface area (Å²) in [7, 11) is 1.73. The Labute approximate surface area is 85.6 Å². The van der Waals surface area contributed by atoms with Gasteiger partial charge in [0, 0.05) is 33.3 Å². The van der Waals surface area contributed by atoms with Crippen LogP contribution in [0.15, 0.2) is 0 Å². The highest BCUT2D eigenvalue weighted by Crippen LogP contribution is 2.21. The summed E-state index contributed by atoms with van der Waals surface area (Å²) in [5.74, 6) is 0.297. The molecule has 0 amide bonds. The third-order valence-corrected chi connectivity index (χ3v) is 2.75. The molecular weight excluding hydrogens is 182 g/mol. The molecule has 0 bridgehead atoms. The highest BCUT2D eigenvalue weighted by atomic mass is 16.5. The second-order valence-electron chi connectivity index (χ2n) is 4.11. The van der Waals surface area contributed by atoms with Gasteiger partial charge in [0.15, 0.2) is 0 Å². The van der Waals surface area contributed by atoms with Crippen LogP contribution in [0.4, 0.5) is 0 Å². The molecule has 0 aliphatic carbocycles. The van der Waals surface area contributed by atoms with Crippen LogP contribution in [0.25, 0.3) is 0 Å². The number of ether oxygens (including phenoxy) is 2. The van der Waals surface area contributed by atoms with E-state index in [0.717, 1.165) is 26.1 Å². The lowest BCUT2D eigenvalue weighted by Crippen LogP contribution is -2.44. The minimum absolute atomic E-state index is 0.144. The van der Waals surface area contributed by atoms with Gasteiger partial charge < -0.3 is 19.9 Å². The summed E-state index contributed by atoms with van der Waals surface area (Å²) in [5.41, 5.74) is -0.144. The zero-order valence-electron chi connectivity index (χ0n) is 9.08. The predicted octanol–water partition coefficient (Wildman–Crippen LogP) is 0.00990. The first-order valence-corrected chi connectivity index (χ1v) is 5.17. The van der Waals surface area contributed by atoms with Gasteiger partial charge in [-0.3, -0.25) is 0 Å². The lowest BCUT2D eigenvalue weighted by atomic mass is 10.0. The number of aliphatic hydroxyl groups excluding tert-OH is 1. The normalized spacial score (nSPS) is 29.4. The molecule has 0 radical (unpaired) electrons. The Morgan fingerprint density at radius 1 is 1.64 bits per heavy atom. The molecule has 0 aromatic rings. The van der Waals surface area contributed by atoms with Crippen molar-refractivity contribution in [1.82, 2.24) is 5.32 Å².